The molecule has 2 N–H and O–H groups in total. The summed E-state index contributed by atoms with van der Waals surface area (Å²) in [5.41, 5.74) is 3.91. The summed E-state index contributed by atoms with van der Waals surface area (Å²) in [5, 5.41) is 12.3. The molecule has 2 aromatic rings. The van der Waals surface area contributed by atoms with Crippen LogP contribution in [0.3, 0.4) is 0 Å². The van der Waals surface area contributed by atoms with Crippen molar-refractivity contribution in [3.8, 4) is 11.1 Å². The molecule has 35 heavy (non-hydrogen) atoms. The summed E-state index contributed by atoms with van der Waals surface area (Å²) in [6.45, 7) is 5.30. The van der Waals surface area contributed by atoms with Crippen molar-refractivity contribution in [1.29, 1.82) is 0 Å². The summed E-state index contributed by atoms with van der Waals surface area (Å²) in [5.74, 6) is -0.729. The highest BCUT2D eigenvalue weighted by Crippen LogP contribution is 2.44. The van der Waals surface area contributed by atoms with E-state index in [2.05, 4.69) is 29.6 Å². The van der Waals surface area contributed by atoms with Gasteiger partial charge in [-0.2, -0.15) is 0 Å². The largest absolute Gasteiger partial charge is 0.481 e. The number of aliphatic carboxylic acids is 1. The average molecular weight is 479 g/mol. The van der Waals surface area contributed by atoms with Crippen LogP contribution in [-0.4, -0.2) is 54.2 Å². The zero-order valence-electron chi connectivity index (χ0n) is 20.5. The van der Waals surface area contributed by atoms with Gasteiger partial charge in [-0.3, -0.25) is 9.59 Å². The number of hydrogen-bond acceptors (Lipinski definition) is 4. The van der Waals surface area contributed by atoms with Crippen molar-refractivity contribution >= 4 is 18.0 Å². The maximum Gasteiger partial charge on any atom is 0.407 e. The lowest BCUT2D eigenvalue weighted by molar-refractivity contribution is -0.148. The summed E-state index contributed by atoms with van der Waals surface area (Å²) in [6, 6.07) is 16.4. The number of carboxylic acid groups (broad SMARTS) is 1. The predicted octanol–water partition coefficient (Wildman–Crippen LogP) is 4.65. The van der Waals surface area contributed by atoms with Gasteiger partial charge in [0.25, 0.3) is 0 Å². The van der Waals surface area contributed by atoms with Crippen molar-refractivity contribution in [3.63, 3.8) is 0 Å². The van der Waals surface area contributed by atoms with Gasteiger partial charge in [-0.25, -0.2) is 4.79 Å². The Morgan fingerprint density at radius 2 is 1.74 bits per heavy atom. The minimum atomic E-state index is -0.823. The number of amides is 2. The number of alkyl carbamates (subject to hydrolysis) is 1. The topological polar surface area (TPSA) is 95.9 Å². The molecule has 0 radical (unpaired) electrons. The summed E-state index contributed by atoms with van der Waals surface area (Å²) in [6.07, 6.45) is 1.52. The molecule has 1 aliphatic carbocycles. The third kappa shape index (κ3) is 5.19. The number of nitrogens with one attached hydrogen (secondary N) is 1. The lowest BCUT2D eigenvalue weighted by Crippen LogP contribution is -2.36. The van der Waals surface area contributed by atoms with Crippen LogP contribution in [-0.2, 0) is 14.3 Å². The quantitative estimate of drug-likeness (QED) is 0.547. The average Bonchev–Trinajstić information content (AvgIpc) is 3.46. The van der Waals surface area contributed by atoms with E-state index in [1.54, 1.807) is 4.90 Å². The second-order valence-electron chi connectivity index (χ2n) is 9.85. The maximum absolute atomic E-state index is 12.6. The van der Waals surface area contributed by atoms with Gasteiger partial charge in [0.05, 0.1) is 5.41 Å². The molecule has 2 aliphatic rings. The van der Waals surface area contributed by atoms with E-state index >= 15 is 0 Å². The third-order valence-corrected chi connectivity index (χ3v) is 7.63. The van der Waals surface area contributed by atoms with Gasteiger partial charge >= 0.3 is 12.1 Å². The highest BCUT2D eigenvalue weighted by molar-refractivity contribution is 5.81. The second-order valence-corrected chi connectivity index (χ2v) is 9.85. The normalized spacial score (nSPS) is 19.7. The number of ether oxygens (including phenoxy) is 1. The van der Waals surface area contributed by atoms with Crippen molar-refractivity contribution in [3.05, 3.63) is 59.7 Å². The molecule has 0 saturated carbocycles. The van der Waals surface area contributed by atoms with E-state index in [9.17, 15) is 19.5 Å². The summed E-state index contributed by atoms with van der Waals surface area (Å²) < 4.78 is 5.57. The molecule has 1 saturated heterocycles. The van der Waals surface area contributed by atoms with Crippen molar-refractivity contribution in [2.75, 3.05) is 26.2 Å². The maximum atomic E-state index is 12.6. The zero-order valence-corrected chi connectivity index (χ0v) is 20.5. The number of hydrogen-bond donors (Lipinski definition) is 2. The van der Waals surface area contributed by atoms with E-state index < -0.39 is 17.5 Å². The summed E-state index contributed by atoms with van der Waals surface area (Å²) in [7, 11) is 0. The van der Waals surface area contributed by atoms with Crippen LogP contribution in [0.4, 0.5) is 4.79 Å². The van der Waals surface area contributed by atoms with Gasteiger partial charge in [0.1, 0.15) is 6.61 Å². The Morgan fingerprint density at radius 1 is 1.11 bits per heavy atom. The van der Waals surface area contributed by atoms with Crippen molar-refractivity contribution in [1.82, 2.24) is 10.2 Å². The van der Waals surface area contributed by atoms with Gasteiger partial charge in [-0.15, -0.1) is 0 Å². The molecule has 0 spiro atoms. The first-order valence-corrected chi connectivity index (χ1v) is 12.4. The van der Waals surface area contributed by atoms with Crippen LogP contribution in [0.1, 0.15) is 56.6 Å². The fourth-order valence-corrected chi connectivity index (χ4v) is 5.24. The summed E-state index contributed by atoms with van der Waals surface area (Å²) >= 11 is 0. The lowest BCUT2D eigenvalue weighted by atomic mass is 9.84. The van der Waals surface area contributed by atoms with E-state index in [0.29, 0.717) is 38.8 Å². The Hall–Kier alpha value is -3.35. The molecule has 2 unspecified atom stereocenters. The van der Waals surface area contributed by atoms with E-state index in [1.807, 2.05) is 38.1 Å². The number of benzene rings is 2. The number of likely N-dealkylation sites (tertiary alicyclic amines) is 1. The van der Waals surface area contributed by atoms with Gasteiger partial charge in [0.2, 0.25) is 5.91 Å². The molecule has 186 valence electrons. The molecule has 7 nitrogen and oxygen atoms in total. The minimum Gasteiger partial charge on any atom is -0.481 e. The van der Waals surface area contributed by atoms with Gasteiger partial charge in [0.15, 0.2) is 0 Å². The second kappa shape index (κ2) is 10.5. The van der Waals surface area contributed by atoms with Crippen LogP contribution in [0, 0.1) is 11.3 Å². The van der Waals surface area contributed by atoms with E-state index in [-0.39, 0.29) is 30.9 Å². The Kier molecular flexibility index (Phi) is 7.43. The van der Waals surface area contributed by atoms with Crippen molar-refractivity contribution in [2.45, 2.75) is 45.4 Å². The monoisotopic (exact) mass is 478 g/mol. The van der Waals surface area contributed by atoms with Gasteiger partial charge in [0, 0.05) is 32.0 Å². The number of carbonyl (C=O) groups excluding carboxylic acids is 2. The van der Waals surface area contributed by atoms with E-state index in [4.69, 9.17) is 4.74 Å². The first-order valence-electron chi connectivity index (χ1n) is 12.4. The third-order valence-electron chi connectivity index (χ3n) is 7.63. The van der Waals surface area contributed by atoms with Crippen LogP contribution in [0.25, 0.3) is 11.1 Å². The van der Waals surface area contributed by atoms with E-state index in [1.165, 1.54) is 22.3 Å². The Labute approximate surface area is 206 Å². The van der Waals surface area contributed by atoms with Gasteiger partial charge < -0.3 is 20.1 Å². The fourth-order valence-electron chi connectivity index (χ4n) is 5.24. The SMILES string of the molecule is CCC1(C(=O)O)CCN(C(=O)CCC(C)CNC(=O)OCC2c3ccccc3-c3ccccc32)C1. The fraction of sp³-hybridized carbons (Fsp3) is 0.464. The molecule has 2 atom stereocenters. The zero-order chi connectivity index (χ0) is 25.0. The molecule has 1 heterocycles. The van der Waals surface area contributed by atoms with Crippen LogP contribution < -0.4 is 5.32 Å². The molecule has 4 rings (SSSR count). The predicted molar refractivity (Wildman–Crippen MR) is 133 cm³/mol. The Bertz CT molecular complexity index is 1050. The van der Waals surface area contributed by atoms with Crippen LogP contribution in [0.5, 0.6) is 0 Å². The summed E-state index contributed by atoms with van der Waals surface area (Å²) in [4.78, 5) is 38.2. The number of rotatable bonds is 9. The van der Waals surface area contributed by atoms with Gasteiger partial charge in [-0.05, 0) is 47.4 Å². The first kappa shape index (κ1) is 24.8. The van der Waals surface area contributed by atoms with Crippen molar-refractivity contribution in [2.24, 2.45) is 11.3 Å². The van der Waals surface area contributed by atoms with Crippen LogP contribution in [0.2, 0.25) is 0 Å². The standard InChI is InChI=1S/C28H34N2O5/c1-3-28(26(32)33)14-15-30(18-28)25(31)13-12-19(2)16-29-27(34)35-17-24-22-10-6-4-8-20(22)21-9-5-7-11-23(21)24/h4-11,19,24H,3,12-18H2,1-2H3,(H,29,34)(H,32,33). The molecule has 2 amide bonds. The molecule has 1 aliphatic heterocycles. The first-order chi connectivity index (χ1) is 16.8. The number of nitrogens with zero attached hydrogens (tertiary/aromatic N) is 1. The van der Waals surface area contributed by atoms with Crippen LogP contribution >= 0.6 is 0 Å². The Morgan fingerprint density at radius 3 is 2.31 bits per heavy atom. The van der Waals surface area contributed by atoms with Gasteiger partial charge in [-0.1, -0.05) is 62.4 Å². The van der Waals surface area contributed by atoms with Crippen molar-refractivity contribution < 1.29 is 24.2 Å². The molecule has 0 bridgehead atoms. The Balaban J connectivity index is 1.21. The van der Waals surface area contributed by atoms with E-state index in [0.717, 1.165) is 0 Å². The molecular formula is C28H34N2O5. The smallest absolute Gasteiger partial charge is 0.407 e. The van der Waals surface area contributed by atoms with Crippen LogP contribution in [0.15, 0.2) is 48.5 Å². The molecule has 7 heteroatoms. The molecule has 2 aromatic carbocycles. The number of carbonyl (C=O) groups is 3. The molecule has 1 fully saturated rings. The highest BCUT2D eigenvalue weighted by Gasteiger charge is 2.44. The highest BCUT2D eigenvalue weighted by atomic mass is 16.5. The minimum absolute atomic E-state index is 0.0182. The number of carboxylic acids is 1. The number of fused-ring (bicyclic) bond motifs is 3. The molecule has 0 aromatic heterocycles. The molecular weight excluding hydrogens is 444 g/mol. The lowest BCUT2D eigenvalue weighted by Gasteiger charge is -2.23.